The number of guanidine groups is 1. The molecule has 0 radical (unpaired) electrons. The maximum absolute atomic E-state index is 4.71. The first kappa shape index (κ1) is 15.2. The highest BCUT2D eigenvalue weighted by atomic mass is 32.2. The maximum Gasteiger partial charge on any atom is 0.194 e. The van der Waals surface area contributed by atoms with E-state index in [1.165, 1.54) is 12.2 Å². The van der Waals surface area contributed by atoms with Gasteiger partial charge in [0.15, 0.2) is 5.96 Å². The number of hydrogen-bond acceptors (Lipinski definition) is 4. The van der Waals surface area contributed by atoms with Crippen molar-refractivity contribution in [1.82, 2.24) is 25.0 Å². The SMILES string of the molecule is CCNC(=NCCn1cncn1)N1CCSC(CC)C1. The van der Waals surface area contributed by atoms with E-state index in [1.54, 1.807) is 12.7 Å². The molecule has 1 saturated heterocycles. The lowest BCUT2D eigenvalue weighted by Gasteiger charge is -2.34. The van der Waals surface area contributed by atoms with Crippen molar-refractivity contribution in [2.45, 2.75) is 32.1 Å². The molecule has 1 unspecified atom stereocenters. The molecule has 1 aliphatic rings. The Morgan fingerprint density at radius 1 is 1.50 bits per heavy atom. The minimum Gasteiger partial charge on any atom is -0.357 e. The van der Waals surface area contributed by atoms with E-state index < -0.39 is 0 Å². The molecular formula is C13H24N6S. The summed E-state index contributed by atoms with van der Waals surface area (Å²) in [5, 5.41) is 8.22. The second kappa shape index (κ2) is 8.14. The van der Waals surface area contributed by atoms with Gasteiger partial charge >= 0.3 is 0 Å². The van der Waals surface area contributed by atoms with Crippen LogP contribution in [-0.2, 0) is 6.54 Å². The van der Waals surface area contributed by atoms with Crippen LogP contribution in [0.25, 0.3) is 0 Å². The van der Waals surface area contributed by atoms with Crippen LogP contribution < -0.4 is 5.32 Å². The van der Waals surface area contributed by atoms with Crippen LogP contribution >= 0.6 is 11.8 Å². The Hall–Kier alpha value is -1.24. The molecule has 6 nitrogen and oxygen atoms in total. The molecule has 112 valence electrons. The van der Waals surface area contributed by atoms with Crippen molar-refractivity contribution in [3.05, 3.63) is 12.7 Å². The van der Waals surface area contributed by atoms with E-state index in [9.17, 15) is 0 Å². The Labute approximate surface area is 125 Å². The molecule has 2 rings (SSSR count). The van der Waals surface area contributed by atoms with Gasteiger partial charge in [-0.15, -0.1) is 0 Å². The molecule has 20 heavy (non-hydrogen) atoms. The second-order valence-corrected chi connectivity index (χ2v) is 6.15. The van der Waals surface area contributed by atoms with Gasteiger partial charge in [0.1, 0.15) is 12.7 Å². The molecule has 1 aliphatic heterocycles. The van der Waals surface area contributed by atoms with Crippen LogP contribution in [0.4, 0.5) is 0 Å². The Kier molecular flexibility index (Phi) is 6.17. The summed E-state index contributed by atoms with van der Waals surface area (Å²) in [5.74, 6) is 2.22. The summed E-state index contributed by atoms with van der Waals surface area (Å²) in [6, 6.07) is 0. The summed E-state index contributed by atoms with van der Waals surface area (Å²) in [5.41, 5.74) is 0. The Morgan fingerprint density at radius 3 is 3.10 bits per heavy atom. The average Bonchev–Trinajstić information content (AvgIpc) is 3.00. The third kappa shape index (κ3) is 4.40. The lowest BCUT2D eigenvalue weighted by atomic mass is 10.3. The van der Waals surface area contributed by atoms with Crippen LogP contribution in [0.15, 0.2) is 17.6 Å². The molecule has 1 fully saturated rings. The van der Waals surface area contributed by atoms with Crippen molar-refractivity contribution in [2.24, 2.45) is 4.99 Å². The first-order valence-corrected chi connectivity index (χ1v) is 8.35. The lowest BCUT2D eigenvalue weighted by Crippen LogP contribution is -2.48. The Balaban J connectivity index is 1.90. The zero-order valence-electron chi connectivity index (χ0n) is 12.3. The molecule has 0 aromatic carbocycles. The third-order valence-corrected chi connectivity index (χ3v) is 4.66. The van der Waals surface area contributed by atoms with Crippen molar-refractivity contribution in [1.29, 1.82) is 0 Å². The van der Waals surface area contributed by atoms with Crippen LogP contribution in [0.3, 0.4) is 0 Å². The highest BCUT2D eigenvalue weighted by molar-refractivity contribution is 8.00. The summed E-state index contributed by atoms with van der Waals surface area (Å²) in [7, 11) is 0. The fourth-order valence-corrected chi connectivity index (χ4v) is 3.37. The smallest absolute Gasteiger partial charge is 0.194 e. The number of aromatic nitrogens is 3. The summed E-state index contributed by atoms with van der Waals surface area (Å²) in [6.07, 6.45) is 4.51. The van der Waals surface area contributed by atoms with Crippen LogP contribution in [-0.4, -0.2) is 62.8 Å². The predicted octanol–water partition coefficient (Wildman–Crippen LogP) is 1.07. The van der Waals surface area contributed by atoms with Gasteiger partial charge in [-0.2, -0.15) is 16.9 Å². The largest absolute Gasteiger partial charge is 0.357 e. The molecule has 1 N–H and O–H groups in total. The summed E-state index contributed by atoms with van der Waals surface area (Å²) >= 11 is 2.08. The van der Waals surface area contributed by atoms with Gasteiger partial charge in [-0.25, -0.2) is 4.98 Å². The number of nitrogens with one attached hydrogen (secondary N) is 1. The number of aliphatic imine (C=N–C) groups is 1. The minimum atomic E-state index is 0.725. The predicted molar refractivity (Wildman–Crippen MR) is 84.1 cm³/mol. The zero-order valence-corrected chi connectivity index (χ0v) is 13.1. The van der Waals surface area contributed by atoms with E-state index in [0.29, 0.717) is 0 Å². The molecule has 0 aliphatic carbocycles. The number of hydrogen-bond donors (Lipinski definition) is 1. The molecule has 1 aromatic heterocycles. The van der Waals surface area contributed by atoms with Crippen molar-refractivity contribution >= 4 is 17.7 Å². The topological polar surface area (TPSA) is 58.3 Å². The molecular weight excluding hydrogens is 272 g/mol. The van der Waals surface area contributed by atoms with Crippen molar-refractivity contribution in [3.8, 4) is 0 Å². The van der Waals surface area contributed by atoms with Gasteiger partial charge in [0.25, 0.3) is 0 Å². The highest BCUT2D eigenvalue weighted by Gasteiger charge is 2.21. The first-order valence-electron chi connectivity index (χ1n) is 7.30. The fraction of sp³-hybridized carbons (Fsp3) is 0.769. The molecule has 0 amide bonds. The number of nitrogens with zero attached hydrogens (tertiary/aromatic N) is 5. The molecule has 2 heterocycles. The fourth-order valence-electron chi connectivity index (χ4n) is 2.19. The normalized spacial score (nSPS) is 20.2. The van der Waals surface area contributed by atoms with Crippen LogP contribution in [0.2, 0.25) is 0 Å². The molecule has 1 aromatic rings. The third-order valence-electron chi connectivity index (χ3n) is 3.29. The van der Waals surface area contributed by atoms with Gasteiger partial charge in [0.2, 0.25) is 0 Å². The van der Waals surface area contributed by atoms with Crippen molar-refractivity contribution < 1.29 is 0 Å². The highest BCUT2D eigenvalue weighted by Crippen LogP contribution is 2.20. The first-order chi connectivity index (χ1) is 9.83. The zero-order chi connectivity index (χ0) is 14.2. The molecule has 0 saturated carbocycles. The standard InChI is InChI=1S/C13H24N6S/c1-3-12-9-18(7-8-20-12)13(15-4-2)16-5-6-19-11-14-10-17-19/h10-12H,3-9H2,1-2H3,(H,15,16). The number of thioether (sulfide) groups is 1. The molecule has 0 spiro atoms. The van der Waals surface area contributed by atoms with E-state index in [-0.39, 0.29) is 0 Å². The molecule has 7 heteroatoms. The second-order valence-electron chi connectivity index (χ2n) is 4.74. The van der Waals surface area contributed by atoms with Gasteiger partial charge in [-0.05, 0) is 13.3 Å². The van der Waals surface area contributed by atoms with Gasteiger partial charge in [0, 0.05) is 30.6 Å². The molecule has 1 atom stereocenters. The van der Waals surface area contributed by atoms with Gasteiger partial charge in [0.05, 0.1) is 13.1 Å². The van der Waals surface area contributed by atoms with Crippen LogP contribution in [0, 0.1) is 0 Å². The monoisotopic (exact) mass is 296 g/mol. The quantitative estimate of drug-likeness (QED) is 0.651. The maximum atomic E-state index is 4.71. The summed E-state index contributed by atoms with van der Waals surface area (Å²) in [4.78, 5) is 11.0. The molecule has 0 bridgehead atoms. The van der Waals surface area contributed by atoms with E-state index in [2.05, 4.69) is 45.9 Å². The van der Waals surface area contributed by atoms with E-state index >= 15 is 0 Å². The Bertz CT molecular complexity index is 405. The van der Waals surface area contributed by atoms with Crippen molar-refractivity contribution in [2.75, 3.05) is 31.9 Å². The summed E-state index contributed by atoms with van der Waals surface area (Å²) in [6.45, 7) is 8.95. The lowest BCUT2D eigenvalue weighted by molar-refractivity contribution is 0.407. The van der Waals surface area contributed by atoms with Crippen molar-refractivity contribution in [3.63, 3.8) is 0 Å². The van der Waals surface area contributed by atoms with Crippen LogP contribution in [0.5, 0.6) is 0 Å². The summed E-state index contributed by atoms with van der Waals surface area (Å²) < 4.78 is 1.81. The van der Waals surface area contributed by atoms with E-state index in [1.807, 2.05) is 4.68 Å². The van der Waals surface area contributed by atoms with E-state index in [0.717, 1.165) is 43.9 Å². The minimum absolute atomic E-state index is 0.725. The Morgan fingerprint density at radius 2 is 2.40 bits per heavy atom. The number of rotatable bonds is 5. The van der Waals surface area contributed by atoms with Gasteiger partial charge in [-0.1, -0.05) is 6.92 Å². The van der Waals surface area contributed by atoms with Gasteiger partial charge < -0.3 is 10.2 Å². The van der Waals surface area contributed by atoms with Crippen LogP contribution in [0.1, 0.15) is 20.3 Å². The van der Waals surface area contributed by atoms with E-state index in [4.69, 9.17) is 4.99 Å². The van der Waals surface area contributed by atoms with Gasteiger partial charge in [-0.3, -0.25) is 9.67 Å². The average molecular weight is 296 g/mol.